The van der Waals surface area contributed by atoms with Crippen LogP contribution in [0.1, 0.15) is 12.0 Å². The van der Waals surface area contributed by atoms with E-state index < -0.39 is 0 Å². The first kappa shape index (κ1) is 15.4. The van der Waals surface area contributed by atoms with E-state index in [1.807, 2.05) is 24.3 Å². The first-order valence-electron chi connectivity index (χ1n) is 8.77. The molecule has 5 rings (SSSR count). The van der Waals surface area contributed by atoms with Gasteiger partial charge in [0.05, 0.1) is 17.5 Å². The number of nitriles is 1. The van der Waals surface area contributed by atoms with Crippen LogP contribution in [0.3, 0.4) is 0 Å². The number of hydrogen-bond acceptors (Lipinski definition) is 6. The highest BCUT2D eigenvalue weighted by molar-refractivity contribution is 6.09. The third-order valence-corrected chi connectivity index (χ3v) is 6.37. The van der Waals surface area contributed by atoms with Crippen LogP contribution in [-0.2, 0) is 14.4 Å². The minimum atomic E-state index is -0.266. The summed E-state index contributed by atoms with van der Waals surface area (Å²) in [6.45, 7) is -0.0478. The number of imide groups is 1. The summed E-state index contributed by atoms with van der Waals surface area (Å²) in [7, 11) is 1.57. The van der Waals surface area contributed by atoms with Gasteiger partial charge in [-0.15, -0.1) is 0 Å². The SMILES string of the molecule is CN1C(=O)[C@@H]2[C@H]3C[C@H]([C@H]4ON=C(c5ccccc5OCC#N)[C@@H]34)[C@@H]2C1=O. The Morgan fingerprint density at radius 2 is 1.96 bits per heavy atom. The molecule has 26 heavy (non-hydrogen) atoms. The van der Waals surface area contributed by atoms with E-state index in [-0.39, 0.29) is 54.1 Å². The number of likely N-dealkylation sites (tertiary alicyclic amines) is 1. The van der Waals surface area contributed by atoms with E-state index in [9.17, 15) is 9.59 Å². The van der Waals surface area contributed by atoms with Crippen LogP contribution in [0.25, 0.3) is 0 Å². The summed E-state index contributed by atoms with van der Waals surface area (Å²) in [5, 5.41) is 13.1. The average molecular weight is 351 g/mol. The van der Waals surface area contributed by atoms with Crippen molar-refractivity contribution in [2.24, 2.45) is 34.7 Å². The minimum Gasteiger partial charge on any atom is -0.478 e. The lowest BCUT2D eigenvalue weighted by atomic mass is 9.71. The van der Waals surface area contributed by atoms with Crippen molar-refractivity contribution in [2.75, 3.05) is 13.7 Å². The van der Waals surface area contributed by atoms with Gasteiger partial charge >= 0.3 is 0 Å². The molecule has 6 atom stereocenters. The van der Waals surface area contributed by atoms with Gasteiger partial charge in [0.25, 0.3) is 0 Å². The highest BCUT2D eigenvalue weighted by Crippen LogP contribution is 2.61. The topological polar surface area (TPSA) is 92.0 Å². The maximum Gasteiger partial charge on any atom is 0.233 e. The summed E-state index contributed by atoms with van der Waals surface area (Å²) in [6.07, 6.45) is 0.652. The summed E-state index contributed by atoms with van der Waals surface area (Å²) in [5.74, 6) is -0.0339. The summed E-state index contributed by atoms with van der Waals surface area (Å²) in [4.78, 5) is 32.1. The molecule has 0 unspecified atom stereocenters. The molecule has 0 aromatic heterocycles. The highest BCUT2D eigenvalue weighted by atomic mass is 16.6. The van der Waals surface area contributed by atoms with E-state index in [1.54, 1.807) is 13.1 Å². The minimum absolute atomic E-state index is 0.0173. The van der Waals surface area contributed by atoms with Crippen molar-refractivity contribution in [3.63, 3.8) is 0 Å². The average Bonchev–Trinajstić information content (AvgIpc) is 3.38. The van der Waals surface area contributed by atoms with Crippen LogP contribution in [0.5, 0.6) is 5.75 Å². The zero-order valence-electron chi connectivity index (χ0n) is 14.2. The van der Waals surface area contributed by atoms with Crippen molar-refractivity contribution in [1.29, 1.82) is 5.26 Å². The van der Waals surface area contributed by atoms with Crippen LogP contribution >= 0.6 is 0 Å². The fourth-order valence-corrected chi connectivity index (χ4v) is 5.41. The molecular formula is C19H17N3O4. The van der Waals surface area contributed by atoms with E-state index in [2.05, 4.69) is 5.16 Å². The molecule has 2 bridgehead atoms. The molecule has 7 heteroatoms. The maximum atomic E-state index is 12.6. The number of hydrogen-bond donors (Lipinski definition) is 0. The summed E-state index contributed by atoms with van der Waals surface area (Å²) in [6, 6.07) is 9.40. The van der Waals surface area contributed by atoms with Gasteiger partial charge in [-0.25, -0.2) is 0 Å². The maximum absolute atomic E-state index is 12.6. The Balaban J connectivity index is 1.51. The summed E-state index contributed by atoms with van der Waals surface area (Å²) in [5.41, 5.74) is 1.56. The normalized spacial score (nSPS) is 36.5. The lowest BCUT2D eigenvalue weighted by Gasteiger charge is -2.30. The molecular weight excluding hydrogens is 334 g/mol. The molecule has 1 saturated heterocycles. The van der Waals surface area contributed by atoms with E-state index in [1.165, 1.54) is 4.90 Å². The van der Waals surface area contributed by atoms with Crippen LogP contribution in [0.4, 0.5) is 0 Å². The van der Waals surface area contributed by atoms with E-state index in [0.717, 1.165) is 17.7 Å². The fraction of sp³-hybridized carbons (Fsp3) is 0.474. The number of benzene rings is 1. The third kappa shape index (κ3) is 1.79. The number of carbonyl (C=O) groups is 2. The molecule has 2 amide bonds. The zero-order chi connectivity index (χ0) is 18.0. The van der Waals surface area contributed by atoms with Crippen LogP contribution in [-0.4, -0.2) is 42.2 Å². The second-order valence-electron chi connectivity index (χ2n) is 7.37. The van der Waals surface area contributed by atoms with Gasteiger partial charge in [-0.1, -0.05) is 17.3 Å². The number of oxime groups is 1. The Bertz CT molecular complexity index is 889. The Labute approximate surface area is 150 Å². The molecule has 7 nitrogen and oxygen atoms in total. The van der Waals surface area contributed by atoms with Crippen molar-refractivity contribution in [3.05, 3.63) is 29.8 Å². The Hall–Kier alpha value is -2.88. The standard InChI is InChI=1S/C19H17N3O4/c1-22-18(23)13-10-8-11(14(13)19(22)24)17-15(10)16(21-26-17)9-4-2-3-5-12(9)25-7-6-20/h2-5,10-11,13-15,17H,7-8H2,1H3/t10-,11+,13-,14+,15-,17-/m1/s1. The summed E-state index contributed by atoms with van der Waals surface area (Å²) < 4.78 is 5.54. The van der Waals surface area contributed by atoms with Gasteiger partial charge in [0.15, 0.2) is 6.61 Å². The van der Waals surface area contributed by atoms with Gasteiger partial charge in [0, 0.05) is 24.4 Å². The lowest BCUT2D eigenvalue weighted by molar-refractivity contribution is -0.139. The van der Waals surface area contributed by atoms with Gasteiger partial charge in [-0.3, -0.25) is 14.5 Å². The molecule has 1 aromatic rings. The predicted octanol–water partition coefficient (Wildman–Crippen LogP) is 1.19. The molecule has 2 saturated carbocycles. The second kappa shape index (κ2) is 5.31. The molecule has 0 radical (unpaired) electrons. The quantitative estimate of drug-likeness (QED) is 0.763. The van der Waals surface area contributed by atoms with Gasteiger partial charge in [0.1, 0.15) is 17.9 Å². The van der Waals surface area contributed by atoms with Crippen molar-refractivity contribution in [2.45, 2.75) is 12.5 Å². The fourth-order valence-electron chi connectivity index (χ4n) is 5.41. The molecule has 0 N–H and O–H groups in total. The number of amides is 2. The van der Waals surface area contributed by atoms with Crippen LogP contribution < -0.4 is 4.74 Å². The number of rotatable bonds is 3. The zero-order valence-corrected chi connectivity index (χ0v) is 14.2. The van der Waals surface area contributed by atoms with Crippen LogP contribution in [0.2, 0.25) is 0 Å². The number of carbonyl (C=O) groups excluding carboxylic acids is 2. The van der Waals surface area contributed by atoms with Gasteiger partial charge < -0.3 is 9.57 Å². The molecule has 0 spiro atoms. The Morgan fingerprint density at radius 3 is 2.73 bits per heavy atom. The lowest BCUT2D eigenvalue weighted by Crippen LogP contribution is -2.41. The van der Waals surface area contributed by atoms with Gasteiger partial charge in [0.2, 0.25) is 11.8 Å². The Kier molecular flexibility index (Phi) is 3.14. The molecule has 2 aliphatic heterocycles. The molecule has 2 aliphatic carbocycles. The number of ether oxygens (including phenoxy) is 1. The second-order valence-corrected chi connectivity index (χ2v) is 7.37. The molecule has 132 valence electrons. The number of para-hydroxylation sites is 1. The first-order chi connectivity index (χ1) is 12.6. The van der Waals surface area contributed by atoms with Crippen molar-refractivity contribution < 1.29 is 19.2 Å². The van der Waals surface area contributed by atoms with Crippen LogP contribution in [0, 0.1) is 40.9 Å². The largest absolute Gasteiger partial charge is 0.478 e. The summed E-state index contributed by atoms with van der Waals surface area (Å²) >= 11 is 0. The third-order valence-electron chi connectivity index (χ3n) is 6.37. The molecule has 4 aliphatic rings. The number of fused-ring (bicyclic) bond motifs is 8. The molecule has 2 heterocycles. The van der Waals surface area contributed by atoms with Gasteiger partial charge in [-0.05, 0) is 24.5 Å². The van der Waals surface area contributed by atoms with Crippen molar-refractivity contribution >= 4 is 17.5 Å². The Morgan fingerprint density at radius 1 is 1.23 bits per heavy atom. The number of nitrogens with zero attached hydrogens (tertiary/aromatic N) is 3. The van der Waals surface area contributed by atoms with E-state index in [4.69, 9.17) is 14.8 Å². The van der Waals surface area contributed by atoms with E-state index in [0.29, 0.717) is 5.75 Å². The molecule has 3 fully saturated rings. The van der Waals surface area contributed by atoms with E-state index >= 15 is 0 Å². The van der Waals surface area contributed by atoms with Crippen molar-refractivity contribution in [1.82, 2.24) is 4.90 Å². The predicted molar refractivity (Wildman–Crippen MR) is 88.8 cm³/mol. The van der Waals surface area contributed by atoms with Gasteiger partial charge in [-0.2, -0.15) is 5.26 Å². The van der Waals surface area contributed by atoms with Crippen LogP contribution in [0.15, 0.2) is 29.4 Å². The van der Waals surface area contributed by atoms with Crippen molar-refractivity contribution in [3.8, 4) is 11.8 Å². The molecule has 1 aromatic carbocycles. The monoisotopic (exact) mass is 351 g/mol. The first-order valence-corrected chi connectivity index (χ1v) is 8.77. The smallest absolute Gasteiger partial charge is 0.233 e. The highest BCUT2D eigenvalue weighted by Gasteiger charge is 2.70.